The van der Waals surface area contributed by atoms with Crippen LogP contribution < -0.4 is 5.32 Å². The molecule has 0 saturated heterocycles. The summed E-state index contributed by atoms with van der Waals surface area (Å²) < 4.78 is 2.08. The van der Waals surface area contributed by atoms with Gasteiger partial charge in [-0.2, -0.15) is 0 Å². The summed E-state index contributed by atoms with van der Waals surface area (Å²) in [6.07, 6.45) is 7.10. The number of imidazole rings is 1. The standard InChI is InChI=1S/C17H25N5O/c1-11-12(2)21-16(13(3)20-11)8-19-15-6-14(7-17(15)23)9-22-5-4-18-10-22/h4-5,10,14-15,17,19,23H,6-9H2,1-3H3/t14?,15-,17-/m1/s1. The van der Waals surface area contributed by atoms with Gasteiger partial charge in [0.15, 0.2) is 0 Å². The van der Waals surface area contributed by atoms with Crippen molar-refractivity contribution in [3.05, 3.63) is 41.5 Å². The van der Waals surface area contributed by atoms with E-state index >= 15 is 0 Å². The molecule has 1 fully saturated rings. The van der Waals surface area contributed by atoms with E-state index in [1.807, 2.05) is 33.3 Å². The van der Waals surface area contributed by atoms with Gasteiger partial charge in [-0.25, -0.2) is 4.98 Å². The van der Waals surface area contributed by atoms with Crippen LogP contribution in [-0.4, -0.2) is 36.8 Å². The van der Waals surface area contributed by atoms with E-state index in [2.05, 4.69) is 24.8 Å². The molecule has 0 amide bonds. The molecule has 3 rings (SSSR count). The van der Waals surface area contributed by atoms with E-state index in [4.69, 9.17) is 0 Å². The average molecular weight is 315 g/mol. The third-order valence-electron chi connectivity index (χ3n) is 4.77. The van der Waals surface area contributed by atoms with Gasteiger partial charge in [0.2, 0.25) is 0 Å². The van der Waals surface area contributed by atoms with Crippen LogP contribution in [-0.2, 0) is 13.1 Å². The van der Waals surface area contributed by atoms with Gasteiger partial charge >= 0.3 is 0 Å². The highest BCUT2D eigenvalue weighted by atomic mass is 16.3. The number of hydrogen-bond acceptors (Lipinski definition) is 5. The van der Waals surface area contributed by atoms with Gasteiger partial charge in [0.1, 0.15) is 0 Å². The fourth-order valence-electron chi connectivity index (χ4n) is 3.34. The highest BCUT2D eigenvalue weighted by Gasteiger charge is 2.32. The Balaban J connectivity index is 1.57. The van der Waals surface area contributed by atoms with Crippen molar-refractivity contribution < 1.29 is 5.11 Å². The second-order valence-electron chi connectivity index (χ2n) is 6.58. The second-order valence-corrected chi connectivity index (χ2v) is 6.58. The molecule has 3 atom stereocenters. The van der Waals surface area contributed by atoms with Crippen molar-refractivity contribution in [3.63, 3.8) is 0 Å². The predicted octanol–water partition coefficient (Wildman–Crippen LogP) is 1.53. The number of aryl methyl sites for hydroxylation is 3. The van der Waals surface area contributed by atoms with Gasteiger partial charge in [0, 0.05) is 31.5 Å². The topological polar surface area (TPSA) is 75.9 Å². The van der Waals surface area contributed by atoms with Crippen LogP contribution in [0, 0.1) is 26.7 Å². The van der Waals surface area contributed by atoms with E-state index in [9.17, 15) is 5.11 Å². The Kier molecular flexibility index (Phi) is 4.73. The molecular formula is C17H25N5O. The van der Waals surface area contributed by atoms with Crippen LogP contribution in [0.15, 0.2) is 18.7 Å². The summed E-state index contributed by atoms with van der Waals surface area (Å²) in [5.41, 5.74) is 3.88. The molecule has 0 aliphatic heterocycles. The van der Waals surface area contributed by atoms with Crippen molar-refractivity contribution in [2.45, 2.75) is 58.8 Å². The Hall–Kier alpha value is -1.79. The number of aliphatic hydroxyl groups is 1. The maximum absolute atomic E-state index is 10.3. The Labute approximate surface area is 137 Å². The van der Waals surface area contributed by atoms with Crippen molar-refractivity contribution in [3.8, 4) is 0 Å². The molecule has 2 heterocycles. The zero-order chi connectivity index (χ0) is 16.4. The lowest BCUT2D eigenvalue weighted by atomic mass is 10.1. The van der Waals surface area contributed by atoms with Crippen molar-refractivity contribution in [2.75, 3.05) is 0 Å². The van der Waals surface area contributed by atoms with Gasteiger partial charge in [-0.3, -0.25) is 9.97 Å². The van der Waals surface area contributed by atoms with Crippen LogP contribution in [0.1, 0.15) is 35.6 Å². The number of aliphatic hydroxyl groups excluding tert-OH is 1. The van der Waals surface area contributed by atoms with E-state index in [1.54, 1.807) is 6.20 Å². The molecule has 1 aliphatic carbocycles. The quantitative estimate of drug-likeness (QED) is 0.875. The minimum Gasteiger partial charge on any atom is -0.391 e. The van der Waals surface area contributed by atoms with Crippen LogP contribution in [0.5, 0.6) is 0 Å². The molecule has 0 aromatic carbocycles. The predicted molar refractivity (Wildman–Crippen MR) is 87.8 cm³/mol. The molecule has 23 heavy (non-hydrogen) atoms. The first kappa shape index (κ1) is 16.1. The second kappa shape index (κ2) is 6.76. The number of nitrogens with one attached hydrogen (secondary N) is 1. The van der Waals surface area contributed by atoms with Crippen molar-refractivity contribution in [1.82, 2.24) is 24.8 Å². The smallest absolute Gasteiger partial charge is 0.0945 e. The van der Waals surface area contributed by atoms with Crippen LogP contribution in [0.4, 0.5) is 0 Å². The monoisotopic (exact) mass is 315 g/mol. The number of hydrogen-bond donors (Lipinski definition) is 2. The van der Waals surface area contributed by atoms with Crippen molar-refractivity contribution in [2.24, 2.45) is 5.92 Å². The highest BCUT2D eigenvalue weighted by Crippen LogP contribution is 2.27. The Morgan fingerprint density at radius 2 is 1.96 bits per heavy atom. The van der Waals surface area contributed by atoms with Gasteiger partial charge in [-0.05, 0) is 39.5 Å². The minimum absolute atomic E-state index is 0.117. The lowest BCUT2D eigenvalue weighted by Gasteiger charge is -2.17. The molecule has 1 unspecified atom stereocenters. The number of nitrogens with zero attached hydrogens (tertiary/aromatic N) is 4. The molecule has 6 heteroatoms. The van der Waals surface area contributed by atoms with E-state index in [-0.39, 0.29) is 12.1 Å². The van der Waals surface area contributed by atoms with Crippen LogP contribution in [0.3, 0.4) is 0 Å². The molecule has 124 valence electrons. The van der Waals surface area contributed by atoms with Crippen molar-refractivity contribution >= 4 is 0 Å². The van der Waals surface area contributed by atoms with Gasteiger partial charge in [0.05, 0.1) is 35.2 Å². The van der Waals surface area contributed by atoms with Gasteiger partial charge in [-0.1, -0.05) is 0 Å². The zero-order valence-corrected chi connectivity index (χ0v) is 14.0. The molecule has 2 aromatic rings. The number of aromatic nitrogens is 4. The van der Waals surface area contributed by atoms with Gasteiger partial charge in [0.25, 0.3) is 0 Å². The van der Waals surface area contributed by atoms with Gasteiger partial charge in [-0.15, -0.1) is 0 Å². The lowest BCUT2D eigenvalue weighted by molar-refractivity contribution is 0.145. The average Bonchev–Trinajstić information content (AvgIpc) is 3.12. The third-order valence-corrected chi connectivity index (χ3v) is 4.77. The molecule has 1 aliphatic rings. The Morgan fingerprint density at radius 1 is 1.17 bits per heavy atom. The first-order valence-electron chi connectivity index (χ1n) is 8.21. The fraction of sp³-hybridized carbons (Fsp3) is 0.588. The summed E-state index contributed by atoms with van der Waals surface area (Å²) in [5.74, 6) is 0.476. The van der Waals surface area contributed by atoms with E-state index in [0.717, 1.165) is 42.2 Å². The molecule has 2 aromatic heterocycles. The summed E-state index contributed by atoms with van der Waals surface area (Å²) in [7, 11) is 0. The molecule has 2 N–H and O–H groups in total. The summed E-state index contributed by atoms with van der Waals surface area (Å²) in [6, 6.07) is 0.117. The van der Waals surface area contributed by atoms with Crippen molar-refractivity contribution in [1.29, 1.82) is 0 Å². The van der Waals surface area contributed by atoms with E-state index in [1.165, 1.54) is 0 Å². The Bertz CT molecular complexity index is 655. The summed E-state index contributed by atoms with van der Waals surface area (Å²) in [5, 5.41) is 13.8. The minimum atomic E-state index is -0.302. The summed E-state index contributed by atoms with van der Waals surface area (Å²) in [6.45, 7) is 7.52. The largest absolute Gasteiger partial charge is 0.391 e. The molecule has 1 saturated carbocycles. The molecule has 0 spiro atoms. The van der Waals surface area contributed by atoms with E-state index in [0.29, 0.717) is 12.5 Å². The van der Waals surface area contributed by atoms with Crippen LogP contribution in [0.2, 0.25) is 0 Å². The van der Waals surface area contributed by atoms with Crippen LogP contribution >= 0.6 is 0 Å². The van der Waals surface area contributed by atoms with E-state index < -0.39 is 0 Å². The maximum Gasteiger partial charge on any atom is 0.0945 e. The lowest BCUT2D eigenvalue weighted by Crippen LogP contribution is -2.35. The third kappa shape index (κ3) is 3.76. The fourth-order valence-corrected chi connectivity index (χ4v) is 3.34. The van der Waals surface area contributed by atoms with Gasteiger partial charge < -0.3 is 15.0 Å². The summed E-state index contributed by atoms with van der Waals surface area (Å²) >= 11 is 0. The highest BCUT2D eigenvalue weighted by molar-refractivity contribution is 5.17. The Morgan fingerprint density at radius 3 is 2.70 bits per heavy atom. The molecule has 6 nitrogen and oxygen atoms in total. The molecular weight excluding hydrogens is 290 g/mol. The number of rotatable bonds is 5. The first-order valence-corrected chi connectivity index (χ1v) is 8.21. The molecule has 0 bridgehead atoms. The SMILES string of the molecule is Cc1nc(C)c(CN[C@@H]2CC(Cn3ccnc3)C[C@H]2O)nc1C. The van der Waals surface area contributed by atoms with Crippen LogP contribution in [0.25, 0.3) is 0 Å². The molecule has 0 radical (unpaired) electrons. The summed E-state index contributed by atoms with van der Waals surface area (Å²) in [4.78, 5) is 13.2. The zero-order valence-electron chi connectivity index (χ0n) is 14.0. The maximum atomic E-state index is 10.3. The normalized spacial score (nSPS) is 24.3. The first-order chi connectivity index (χ1) is 11.0.